The average molecular weight is 522 g/mol. The van der Waals surface area contributed by atoms with Gasteiger partial charge < -0.3 is 30.7 Å². The first-order chi connectivity index (χ1) is 18.0. The molecule has 0 spiro atoms. The summed E-state index contributed by atoms with van der Waals surface area (Å²) in [6.07, 6.45) is 1.83. The minimum absolute atomic E-state index is 0.0119. The minimum Gasteiger partial charge on any atom is -0.504 e. The van der Waals surface area contributed by atoms with E-state index in [2.05, 4.69) is 10.3 Å². The molecule has 9 nitrogen and oxygen atoms in total. The van der Waals surface area contributed by atoms with Gasteiger partial charge in [0.05, 0.1) is 18.3 Å². The highest BCUT2D eigenvalue weighted by Crippen LogP contribution is 2.45. The summed E-state index contributed by atoms with van der Waals surface area (Å²) in [7, 11) is 0. The Morgan fingerprint density at radius 2 is 1.95 bits per heavy atom. The van der Waals surface area contributed by atoms with Gasteiger partial charge in [-0.3, -0.25) is 9.59 Å². The number of hydrogen-bond acceptors (Lipinski definition) is 7. The molecule has 0 saturated heterocycles. The van der Waals surface area contributed by atoms with E-state index in [-0.39, 0.29) is 42.0 Å². The van der Waals surface area contributed by atoms with Crippen molar-refractivity contribution >= 4 is 11.8 Å². The largest absolute Gasteiger partial charge is 0.504 e. The number of phenolic OH excluding ortho intramolecular Hbond substituents is 1. The summed E-state index contributed by atoms with van der Waals surface area (Å²) in [5.41, 5.74) is 4.54. The van der Waals surface area contributed by atoms with Crippen molar-refractivity contribution in [3.05, 3.63) is 71.2 Å². The SMILES string of the molecule is C[C@](O)(CNC(=O)c1ccc(O)c(OC2CC2)c1)c1cc2c(c(-c3ccc(F)cc3)n1)OC[C@]2(C)C(N)=O. The second-order valence-corrected chi connectivity index (χ2v) is 10.2. The predicted molar refractivity (Wildman–Crippen MR) is 135 cm³/mol. The molecule has 2 heterocycles. The summed E-state index contributed by atoms with van der Waals surface area (Å²) < 4.78 is 25.1. The summed E-state index contributed by atoms with van der Waals surface area (Å²) in [4.78, 5) is 29.9. The van der Waals surface area contributed by atoms with E-state index in [9.17, 15) is 24.2 Å². The number of pyridine rings is 1. The van der Waals surface area contributed by atoms with Crippen LogP contribution in [0.4, 0.5) is 4.39 Å². The van der Waals surface area contributed by atoms with Crippen molar-refractivity contribution in [2.75, 3.05) is 13.2 Å². The Morgan fingerprint density at radius 3 is 2.61 bits per heavy atom. The van der Waals surface area contributed by atoms with E-state index in [1.165, 1.54) is 49.4 Å². The number of primary amides is 1. The molecule has 38 heavy (non-hydrogen) atoms. The molecular formula is C28H28FN3O6. The number of ether oxygens (including phenoxy) is 2. The van der Waals surface area contributed by atoms with Crippen molar-refractivity contribution < 1.29 is 33.7 Å². The van der Waals surface area contributed by atoms with Gasteiger partial charge in [0.1, 0.15) is 34.9 Å². The van der Waals surface area contributed by atoms with Gasteiger partial charge in [-0.15, -0.1) is 0 Å². The highest BCUT2D eigenvalue weighted by Gasteiger charge is 2.45. The summed E-state index contributed by atoms with van der Waals surface area (Å²) in [5.74, 6) is -1.04. The van der Waals surface area contributed by atoms with E-state index >= 15 is 0 Å². The summed E-state index contributed by atoms with van der Waals surface area (Å²) in [6.45, 7) is 2.88. The Balaban J connectivity index is 1.45. The lowest BCUT2D eigenvalue weighted by Gasteiger charge is -2.26. The Morgan fingerprint density at radius 1 is 1.24 bits per heavy atom. The number of carbonyl (C=O) groups excluding carboxylic acids is 2. The topological polar surface area (TPSA) is 144 Å². The molecule has 0 unspecified atom stereocenters. The van der Waals surface area contributed by atoms with Crippen LogP contribution in [0.5, 0.6) is 17.2 Å². The number of fused-ring (bicyclic) bond motifs is 1. The third-order valence-corrected chi connectivity index (χ3v) is 6.92. The lowest BCUT2D eigenvalue weighted by Crippen LogP contribution is -2.41. The number of nitrogens with two attached hydrogens (primary N) is 1. The maximum absolute atomic E-state index is 13.6. The van der Waals surface area contributed by atoms with Crippen molar-refractivity contribution in [2.45, 2.75) is 43.8 Å². The van der Waals surface area contributed by atoms with Gasteiger partial charge in [-0.25, -0.2) is 9.37 Å². The molecule has 1 saturated carbocycles. The minimum atomic E-state index is -1.68. The fraction of sp³-hybridized carbons (Fsp3) is 0.321. The number of benzene rings is 2. The molecule has 2 atom stereocenters. The molecule has 2 amide bonds. The smallest absolute Gasteiger partial charge is 0.251 e. The van der Waals surface area contributed by atoms with E-state index in [1.54, 1.807) is 13.0 Å². The molecule has 0 radical (unpaired) electrons. The number of amides is 2. The lowest BCUT2D eigenvalue weighted by molar-refractivity contribution is -0.123. The van der Waals surface area contributed by atoms with E-state index < -0.39 is 28.6 Å². The fourth-order valence-electron chi connectivity index (χ4n) is 4.23. The highest BCUT2D eigenvalue weighted by molar-refractivity contribution is 5.95. The second-order valence-electron chi connectivity index (χ2n) is 10.2. The second kappa shape index (κ2) is 9.29. The number of phenols is 1. The molecule has 10 heteroatoms. The molecule has 2 aliphatic rings. The van der Waals surface area contributed by atoms with Crippen LogP contribution in [-0.2, 0) is 15.8 Å². The van der Waals surface area contributed by atoms with Crippen LogP contribution < -0.4 is 20.5 Å². The molecule has 2 aromatic carbocycles. The third kappa shape index (κ3) is 4.74. The van der Waals surface area contributed by atoms with Crippen LogP contribution >= 0.6 is 0 Å². The van der Waals surface area contributed by atoms with Gasteiger partial charge in [0.25, 0.3) is 5.91 Å². The number of nitrogens with one attached hydrogen (secondary N) is 1. The average Bonchev–Trinajstić information content (AvgIpc) is 3.64. The van der Waals surface area contributed by atoms with Crippen LogP contribution in [0.2, 0.25) is 0 Å². The summed E-state index contributed by atoms with van der Waals surface area (Å²) in [6, 6.07) is 11.4. The van der Waals surface area contributed by atoms with E-state index in [0.717, 1.165) is 12.8 Å². The van der Waals surface area contributed by atoms with Gasteiger partial charge in [0, 0.05) is 16.7 Å². The van der Waals surface area contributed by atoms with Crippen LogP contribution in [0.3, 0.4) is 0 Å². The highest BCUT2D eigenvalue weighted by atomic mass is 19.1. The van der Waals surface area contributed by atoms with Crippen LogP contribution in [0.1, 0.15) is 48.3 Å². The molecule has 5 rings (SSSR count). The number of rotatable bonds is 8. The van der Waals surface area contributed by atoms with Crippen molar-refractivity contribution in [3.63, 3.8) is 0 Å². The van der Waals surface area contributed by atoms with Crippen LogP contribution in [-0.4, -0.2) is 46.3 Å². The molecule has 1 aromatic heterocycles. The maximum Gasteiger partial charge on any atom is 0.251 e. The molecule has 1 aliphatic carbocycles. The molecule has 0 bridgehead atoms. The lowest BCUT2D eigenvalue weighted by atomic mass is 9.82. The summed E-state index contributed by atoms with van der Waals surface area (Å²) in [5, 5.41) is 24.1. The number of nitrogens with zero attached hydrogens (tertiary/aromatic N) is 1. The normalized spacial score (nSPS) is 19.7. The van der Waals surface area contributed by atoms with E-state index in [4.69, 9.17) is 15.2 Å². The number of carbonyl (C=O) groups is 2. The molecule has 198 valence electrons. The summed E-state index contributed by atoms with van der Waals surface area (Å²) >= 11 is 0. The van der Waals surface area contributed by atoms with Crippen molar-refractivity contribution in [1.82, 2.24) is 10.3 Å². The molecule has 1 aliphatic heterocycles. The predicted octanol–water partition coefficient (Wildman–Crippen LogP) is 2.91. The Hall–Kier alpha value is -4.18. The van der Waals surface area contributed by atoms with Gasteiger partial charge in [0.15, 0.2) is 11.5 Å². The molecular weight excluding hydrogens is 493 g/mol. The standard InChI is InChI=1S/C28H28FN3O6/c1-27(26(30)35)14-37-24-19(27)12-22(32-23(24)15-3-6-17(29)7-4-15)28(2,36)13-31-25(34)16-5-10-20(33)21(11-16)38-18-8-9-18/h3-7,10-12,18,33,36H,8-9,13-14H2,1-2H3,(H2,30,35)(H,31,34)/t27-,28-/m0/s1. The van der Waals surface area contributed by atoms with Crippen LogP contribution in [0.25, 0.3) is 11.3 Å². The van der Waals surface area contributed by atoms with E-state index in [0.29, 0.717) is 22.6 Å². The van der Waals surface area contributed by atoms with Gasteiger partial charge in [-0.05, 0) is 75.2 Å². The first-order valence-corrected chi connectivity index (χ1v) is 12.2. The number of aromatic nitrogens is 1. The Bertz CT molecular complexity index is 1420. The van der Waals surface area contributed by atoms with Crippen molar-refractivity contribution in [3.8, 4) is 28.5 Å². The number of aromatic hydroxyl groups is 1. The number of halogens is 1. The van der Waals surface area contributed by atoms with Gasteiger partial charge in [-0.2, -0.15) is 0 Å². The van der Waals surface area contributed by atoms with E-state index in [1.807, 2.05) is 0 Å². The zero-order valence-corrected chi connectivity index (χ0v) is 21.0. The Labute approximate surface area is 218 Å². The Kier molecular flexibility index (Phi) is 6.22. The molecule has 3 aromatic rings. The number of hydrogen-bond donors (Lipinski definition) is 4. The van der Waals surface area contributed by atoms with Crippen LogP contribution in [0, 0.1) is 5.82 Å². The number of aliphatic hydroxyl groups is 1. The molecule has 1 fully saturated rings. The van der Waals surface area contributed by atoms with Crippen molar-refractivity contribution in [2.24, 2.45) is 5.73 Å². The molecule has 5 N–H and O–H groups in total. The third-order valence-electron chi connectivity index (χ3n) is 6.92. The monoisotopic (exact) mass is 521 g/mol. The first-order valence-electron chi connectivity index (χ1n) is 12.2. The van der Waals surface area contributed by atoms with Gasteiger partial charge >= 0.3 is 0 Å². The maximum atomic E-state index is 13.6. The van der Waals surface area contributed by atoms with Gasteiger partial charge in [0.2, 0.25) is 5.91 Å². The zero-order chi connectivity index (χ0) is 27.2. The fourth-order valence-corrected chi connectivity index (χ4v) is 4.23. The van der Waals surface area contributed by atoms with Crippen molar-refractivity contribution in [1.29, 1.82) is 0 Å². The zero-order valence-electron chi connectivity index (χ0n) is 21.0. The quantitative estimate of drug-likeness (QED) is 0.357. The van der Waals surface area contributed by atoms with Gasteiger partial charge in [-0.1, -0.05) is 0 Å². The first kappa shape index (κ1) is 25.5. The van der Waals surface area contributed by atoms with Crippen LogP contribution in [0.15, 0.2) is 48.5 Å².